The highest BCUT2D eigenvalue weighted by molar-refractivity contribution is 9.10. The average molecular weight is 317 g/mol. The van der Waals surface area contributed by atoms with Crippen LogP contribution in [0.2, 0.25) is 5.02 Å². The Kier molecular flexibility index (Phi) is 2.48. The standard InChI is InChI=1S/C11H8BrClFN3/c1-5-2-6-3-7(12)9(14)8(13)10(6)17-4-15-16-11(5)17/h3-5H,2H2,1H3. The van der Waals surface area contributed by atoms with Crippen molar-refractivity contribution in [3.05, 3.63) is 39.1 Å². The van der Waals surface area contributed by atoms with Gasteiger partial charge in [-0.15, -0.1) is 10.2 Å². The van der Waals surface area contributed by atoms with Crippen molar-refractivity contribution in [1.82, 2.24) is 14.8 Å². The third-order valence-corrected chi connectivity index (χ3v) is 3.92. The van der Waals surface area contributed by atoms with Crippen molar-refractivity contribution < 1.29 is 4.39 Å². The molecule has 1 aliphatic heterocycles. The molecule has 1 unspecified atom stereocenters. The topological polar surface area (TPSA) is 30.7 Å². The van der Waals surface area contributed by atoms with Crippen LogP contribution in [-0.2, 0) is 6.42 Å². The quantitative estimate of drug-likeness (QED) is 0.697. The summed E-state index contributed by atoms with van der Waals surface area (Å²) in [6.07, 6.45) is 2.36. The Morgan fingerprint density at radius 2 is 2.35 bits per heavy atom. The van der Waals surface area contributed by atoms with E-state index in [1.54, 1.807) is 17.0 Å². The number of fused-ring (bicyclic) bond motifs is 3. The average Bonchev–Trinajstić information content (AvgIpc) is 2.75. The highest BCUT2D eigenvalue weighted by atomic mass is 79.9. The van der Waals surface area contributed by atoms with Crippen LogP contribution in [0.25, 0.3) is 5.69 Å². The maximum atomic E-state index is 13.8. The summed E-state index contributed by atoms with van der Waals surface area (Å²) in [5, 5.41) is 8.03. The lowest BCUT2D eigenvalue weighted by Crippen LogP contribution is -2.16. The van der Waals surface area contributed by atoms with Gasteiger partial charge in [-0.05, 0) is 34.0 Å². The van der Waals surface area contributed by atoms with Gasteiger partial charge in [0.25, 0.3) is 0 Å². The maximum Gasteiger partial charge on any atom is 0.158 e. The first-order valence-corrected chi connectivity index (χ1v) is 6.33. The Balaban J connectivity index is 2.35. The number of rotatable bonds is 0. The second-order valence-corrected chi connectivity index (χ2v) is 5.39. The Morgan fingerprint density at radius 3 is 3.12 bits per heavy atom. The van der Waals surface area contributed by atoms with Crippen LogP contribution in [0.1, 0.15) is 24.2 Å². The number of hydrogen-bond donors (Lipinski definition) is 0. The molecule has 3 rings (SSSR count). The van der Waals surface area contributed by atoms with Crippen LogP contribution < -0.4 is 0 Å². The van der Waals surface area contributed by atoms with E-state index in [9.17, 15) is 4.39 Å². The molecule has 88 valence electrons. The Hall–Kier alpha value is -0.940. The summed E-state index contributed by atoms with van der Waals surface area (Å²) in [5.74, 6) is 0.624. The van der Waals surface area contributed by atoms with E-state index in [2.05, 4.69) is 33.1 Å². The van der Waals surface area contributed by atoms with Crippen LogP contribution >= 0.6 is 27.5 Å². The minimum absolute atomic E-state index is 0.113. The minimum Gasteiger partial charge on any atom is -0.283 e. The summed E-state index contributed by atoms with van der Waals surface area (Å²) in [7, 11) is 0. The van der Waals surface area contributed by atoms with Gasteiger partial charge in [0.15, 0.2) is 5.82 Å². The van der Waals surface area contributed by atoms with Gasteiger partial charge in [-0.2, -0.15) is 0 Å². The van der Waals surface area contributed by atoms with Gasteiger partial charge in [0.1, 0.15) is 17.2 Å². The fourth-order valence-electron chi connectivity index (χ4n) is 2.22. The fraction of sp³-hybridized carbons (Fsp3) is 0.273. The summed E-state index contributed by atoms with van der Waals surface area (Å²) in [6.45, 7) is 2.06. The smallest absolute Gasteiger partial charge is 0.158 e. The van der Waals surface area contributed by atoms with Gasteiger partial charge in [0, 0.05) is 5.92 Å². The predicted molar refractivity (Wildman–Crippen MR) is 66.1 cm³/mol. The van der Waals surface area contributed by atoms with E-state index in [0.717, 1.165) is 17.8 Å². The molecule has 0 fully saturated rings. The predicted octanol–water partition coefficient (Wildman–Crippen LogP) is 3.48. The lowest BCUT2D eigenvalue weighted by Gasteiger charge is -2.24. The largest absolute Gasteiger partial charge is 0.283 e. The van der Waals surface area contributed by atoms with Gasteiger partial charge in [0.05, 0.1) is 10.2 Å². The molecule has 1 aromatic carbocycles. The van der Waals surface area contributed by atoms with Crippen molar-refractivity contribution in [3.63, 3.8) is 0 Å². The maximum absolute atomic E-state index is 13.8. The van der Waals surface area contributed by atoms with Crippen molar-refractivity contribution in [2.45, 2.75) is 19.3 Å². The lowest BCUT2D eigenvalue weighted by molar-refractivity contribution is 0.606. The second kappa shape index (κ2) is 3.78. The van der Waals surface area contributed by atoms with Crippen LogP contribution in [0.15, 0.2) is 16.9 Å². The lowest BCUT2D eigenvalue weighted by atomic mass is 9.95. The number of hydrogen-bond acceptors (Lipinski definition) is 2. The minimum atomic E-state index is -0.445. The Labute approximate surface area is 111 Å². The molecule has 17 heavy (non-hydrogen) atoms. The molecule has 0 amide bonds. The summed E-state index contributed by atoms with van der Waals surface area (Å²) in [4.78, 5) is 0. The van der Waals surface area contributed by atoms with Gasteiger partial charge in [-0.1, -0.05) is 18.5 Å². The molecule has 0 saturated carbocycles. The van der Waals surface area contributed by atoms with Crippen molar-refractivity contribution in [2.75, 3.05) is 0 Å². The van der Waals surface area contributed by atoms with Gasteiger partial charge in [-0.3, -0.25) is 4.57 Å². The highest BCUT2D eigenvalue weighted by Crippen LogP contribution is 2.39. The molecular formula is C11H8BrClFN3. The van der Waals surface area contributed by atoms with Crippen LogP contribution in [0.3, 0.4) is 0 Å². The van der Waals surface area contributed by atoms with Gasteiger partial charge >= 0.3 is 0 Å². The first-order chi connectivity index (χ1) is 8.09. The molecule has 1 atom stereocenters. The van der Waals surface area contributed by atoms with E-state index in [-0.39, 0.29) is 10.9 Å². The van der Waals surface area contributed by atoms with Crippen LogP contribution in [0.4, 0.5) is 4.39 Å². The zero-order chi connectivity index (χ0) is 12.2. The molecule has 6 heteroatoms. The molecule has 2 heterocycles. The summed E-state index contributed by atoms with van der Waals surface area (Å²) in [6, 6.07) is 1.77. The third kappa shape index (κ3) is 1.52. The first kappa shape index (κ1) is 11.2. The normalized spacial score (nSPS) is 17.8. The molecule has 0 spiro atoms. The molecule has 0 bridgehead atoms. The number of aromatic nitrogens is 3. The number of benzene rings is 1. The molecule has 1 aromatic heterocycles. The van der Waals surface area contributed by atoms with Crippen LogP contribution in [0.5, 0.6) is 0 Å². The molecule has 1 aliphatic rings. The van der Waals surface area contributed by atoms with E-state index in [1.807, 2.05) is 0 Å². The van der Waals surface area contributed by atoms with Gasteiger partial charge < -0.3 is 0 Å². The molecule has 0 N–H and O–H groups in total. The van der Waals surface area contributed by atoms with Gasteiger partial charge in [-0.25, -0.2) is 4.39 Å². The summed E-state index contributed by atoms with van der Waals surface area (Å²) in [5.41, 5.74) is 1.66. The SMILES string of the molecule is CC1Cc2cc(Br)c(F)c(Cl)c2-n2cnnc21. The molecule has 2 aromatic rings. The zero-order valence-electron chi connectivity index (χ0n) is 8.91. The van der Waals surface area contributed by atoms with Crippen molar-refractivity contribution in [1.29, 1.82) is 0 Å². The molecule has 0 saturated heterocycles. The molecular weight excluding hydrogens is 308 g/mol. The Bertz CT molecular complexity index is 611. The monoisotopic (exact) mass is 315 g/mol. The highest BCUT2D eigenvalue weighted by Gasteiger charge is 2.27. The van der Waals surface area contributed by atoms with E-state index in [0.29, 0.717) is 10.2 Å². The van der Waals surface area contributed by atoms with Crippen LogP contribution in [0, 0.1) is 5.82 Å². The molecule has 0 radical (unpaired) electrons. The molecule has 3 nitrogen and oxygen atoms in total. The van der Waals surface area contributed by atoms with Crippen molar-refractivity contribution in [2.24, 2.45) is 0 Å². The fourth-order valence-corrected chi connectivity index (χ4v) is 3.13. The molecule has 0 aliphatic carbocycles. The van der Waals surface area contributed by atoms with E-state index < -0.39 is 5.82 Å². The van der Waals surface area contributed by atoms with E-state index in [1.165, 1.54) is 0 Å². The van der Waals surface area contributed by atoms with E-state index >= 15 is 0 Å². The first-order valence-electron chi connectivity index (χ1n) is 5.16. The third-order valence-electron chi connectivity index (χ3n) is 3.00. The van der Waals surface area contributed by atoms with Crippen molar-refractivity contribution >= 4 is 27.5 Å². The Morgan fingerprint density at radius 1 is 1.59 bits per heavy atom. The summed E-state index contributed by atoms with van der Waals surface area (Å²) >= 11 is 9.24. The van der Waals surface area contributed by atoms with Crippen LogP contribution in [-0.4, -0.2) is 14.8 Å². The second-order valence-electron chi connectivity index (χ2n) is 4.16. The number of nitrogens with zero attached hydrogens (tertiary/aromatic N) is 3. The number of halogens is 3. The van der Waals surface area contributed by atoms with Crippen molar-refractivity contribution in [3.8, 4) is 5.69 Å². The van der Waals surface area contributed by atoms with E-state index in [4.69, 9.17) is 11.6 Å². The summed E-state index contributed by atoms with van der Waals surface area (Å²) < 4.78 is 15.9. The van der Waals surface area contributed by atoms with Gasteiger partial charge in [0.2, 0.25) is 0 Å². The zero-order valence-corrected chi connectivity index (χ0v) is 11.3.